The third-order valence-electron chi connectivity index (χ3n) is 1.48. The van der Waals surface area contributed by atoms with Crippen molar-refractivity contribution in [3.8, 4) is 6.07 Å². The number of carbonyl (C=O) groups is 1. The van der Waals surface area contributed by atoms with Crippen molar-refractivity contribution in [2.24, 2.45) is 0 Å². The van der Waals surface area contributed by atoms with Gasteiger partial charge in [0, 0.05) is 12.0 Å². The van der Waals surface area contributed by atoms with E-state index in [1.165, 1.54) is 0 Å². The molecule has 10 heavy (non-hydrogen) atoms. The number of rotatable bonds is 0. The predicted molar refractivity (Wildman–Crippen MR) is 40.4 cm³/mol. The highest BCUT2D eigenvalue weighted by atomic mass is 79.9. The molecule has 1 aliphatic rings. The molecule has 52 valence electrons. The third-order valence-corrected chi connectivity index (χ3v) is 2.40. The van der Waals surface area contributed by atoms with Crippen LogP contribution in [0.3, 0.4) is 0 Å². The van der Waals surface area contributed by atoms with E-state index in [4.69, 9.17) is 5.26 Å². The van der Waals surface area contributed by atoms with Gasteiger partial charge in [-0.25, -0.2) is 0 Å². The molecule has 0 heterocycles. The van der Waals surface area contributed by atoms with Crippen molar-refractivity contribution in [1.82, 2.24) is 0 Å². The molecule has 0 bridgehead atoms. The summed E-state index contributed by atoms with van der Waals surface area (Å²) in [6.07, 6.45) is 2.13. The first-order valence-electron chi connectivity index (χ1n) is 3.07. The number of ketones is 1. The van der Waals surface area contributed by atoms with Crippen LogP contribution in [0.2, 0.25) is 0 Å². The molecule has 0 atom stereocenters. The Morgan fingerprint density at radius 1 is 1.50 bits per heavy atom. The maximum atomic E-state index is 10.9. The smallest absolute Gasteiger partial charge is 0.170 e. The monoisotopic (exact) mass is 199 g/mol. The highest BCUT2D eigenvalue weighted by Gasteiger charge is 2.17. The molecule has 0 saturated carbocycles. The van der Waals surface area contributed by atoms with Crippen molar-refractivity contribution in [2.75, 3.05) is 0 Å². The van der Waals surface area contributed by atoms with Gasteiger partial charge in [-0.1, -0.05) is 0 Å². The molecule has 2 nitrogen and oxygen atoms in total. The average molecular weight is 200 g/mol. The fourth-order valence-electron chi connectivity index (χ4n) is 0.918. The van der Waals surface area contributed by atoms with E-state index < -0.39 is 0 Å². The van der Waals surface area contributed by atoms with Gasteiger partial charge < -0.3 is 0 Å². The van der Waals surface area contributed by atoms with Crippen LogP contribution in [0.1, 0.15) is 19.3 Å². The van der Waals surface area contributed by atoms with Crippen molar-refractivity contribution in [2.45, 2.75) is 19.3 Å². The van der Waals surface area contributed by atoms with Gasteiger partial charge >= 0.3 is 0 Å². The van der Waals surface area contributed by atoms with Gasteiger partial charge in [0.2, 0.25) is 0 Å². The molecule has 3 heteroatoms. The molecular weight excluding hydrogens is 194 g/mol. The van der Waals surface area contributed by atoms with Crippen LogP contribution < -0.4 is 0 Å². The van der Waals surface area contributed by atoms with Crippen LogP contribution >= 0.6 is 15.9 Å². The first kappa shape index (κ1) is 7.49. The van der Waals surface area contributed by atoms with E-state index in [0.717, 1.165) is 12.8 Å². The lowest BCUT2D eigenvalue weighted by atomic mass is 10.00. The Hall–Kier alpha value is -0.620. The van der Waals surface area contributed by atoms with Crippen LogP contribution in [-0.2, 0) is 4.79 Å². The lowest BCUT2D eigenvalue weighted by Crippen LogP contribution is -2.05. The van der Waals surface area contributed by atoms with Gasteiger partial charge in [0.05, 0.1) is 10.6 Å². The number of allylic oxidation sites excluding steroid dienone is 2. The molecule has 0 N–H and O–H groups in total. The SMILES string of the molecule is N#CC1=C(Br)C(=O)CCC1. The van der Waals surface area contributed by atoms with E-state index >= 15 is 0 Å². The van der Waals surface area contributed by atoms with Gasteiger partial charge in [0.25, 0.3) is 0 Å². The summed E-state index contributed by atoms with van der Waals surface area (Å²) in [6.45, 7) is 0. The zero-order chi connectivity index (χ0) is 7.56. The predicted octanol–water partition coefficient (Wildman–Crippen LogP) is 1.91. The van der Waals surface area contributed by atoms with Gasteiger partial charge in [0.15, 0.2) is 5.78 Å². The van der Waals surface area contributed by atoms with Crippen LogP contribution in [0.4, 0.5) is 0 Å². The van der Waals surface area contributed by atoms with Crippen molar-refractivity contribution in [1.29, 1.82) is 5.26 Å². The molecular formula is C7H6BrNO. The average Bonchev–Trinajstić information content (AvgIpc) is 1.95. The molecule has 1 rings (SSSR count). The molecule has 0 amide bonds. The van der Waals surface area contributed by atoms with Crippen LogP contribution in [0.15, 0.2) is 10.1 Å². The summed E-state index contributed by atoms with van der Waals surface area (Å²) in [5.74, 6) is 0.0581. The third kappa shape index (κ3) is 1.27. The Balaban J connectivity index is 2.96. The molecule has 0 aromatic carbocycles. The number of hydrogen-bond acceptors (Lipinski definition) is 2. The highest BCUT2D eigenvalue weighted by Crippen LogP contribution is 2.25. The molecule has 0 spiro atoms. The van der Waals surface area contributed by atoms with Crippen LogP contribution in [-0.4, -0.2) is 5.78 Å². The number of nitrogens with zero attached hydrogens (tertiary/aromatic N) is 1. The first-order chi connectivity index (χ1) is 4.75. The fraction of sp³-hybridized carbons (Fsp3) is 0.429. The minimum Gasteiger partial charge on any atom is -0.294 e. The van der Waals surface area contributed by atoms with E-state index in [0.29, 0.717) is 16.5 Å². The lowest BCUT2D eigenvalue weighted by molar-refractivity contribution is -0.115. The van der Waals surface area contributed by atoms with Gasteiger partial charge in [-0.15, -0.1) is 0 Å². The van der Waals surface area contributed by atoms with Gasteiger partial charge in [0.1, 0.15) is 0 Å². The second kappa shape index (κ2) is 2.98. The van der Waals surface area contributed by atoms with Crippen molar-refractivity contribution < 1.29 is 4.79 Å². The van der Waals surface area contributed by atoms with E-state index in [9.17, 15) is 4.79 Å². The Kier molecular flexibility index (Phi) is 2.23. The molecule has 0 unspecified atom stereocenters. The molecule has 0 aromatic heterocycles. The summed E-state index contributed by atoms with van der Waals surface area (Å²) < 4.78 is 0.487. The lowest BCUT2D eigenvalue weighted by Gasteiger charge is -2.08. The summed E-state index contributed by atoms with van der Waals surface area (Å²) in [7, 11) is 0. The molecule has 0 saturated heterocycles. The summed E-state index contributed by atoms with van der Waals surface area (Å²) >= 11 is 3.09. The Bertz CT molecular complexity index is 236. The Morgan fingerprint density at radius 3 is 2.70 bits per heavy atom. The standard InChI is InChI=1S/C7H6BrNO/c8-7-5(4-9)2-1-3-6(7)10/h1-3H2. The topological polar surface area (TPSA) is 40.9 Å². The molecule has 0 radical (unpaired) electrons. The zero-order valence-electron chi connectivity index (χ0n) is 5.35. The minimum atomic E-state index is 0.0581. The largest absolute Gasteiger partial charge is 0.294 e. The van der Waals surface area contributed by atoms with Crippen molar-refractivity contribution >= 4 is 21.7 Å². The van der Waals surface area contributed by atoms with E-state index in [1.54, 1.807) is 0 Å². The first-order valence-corrected chi connectivity index (χ1v) is 3.87. The van der Waals surface area contributed by atoms with Gasteiger partial charge in [-0.05, 0) is 28.8 Å². The molecule has 0 aliphatic heterocycles. The molecule has 1 aliphatic carbocycles. The summed E-state index contributed by atoms with van der Waals surface area (Å²) in [5, 5.41) is 8.49. The van der Waals surface area contributed by atoms with Crippen LogP contribution in [0.25, 0.3) is 0 Å². The second-order valence-electron chi connectivity index (χ2n) is 2.18. The van der Waals surface area contributed by atoms with E-state index in [1.807, 2.05) is 6.07 Å². The maximum Gasteiger partial charge on any atom is 0.170 e. The number of Topliss-reactive ketones (excluding diaryl/α,β-unsaturated/α-hetero) is 1. The number of halogens is 1. The summed E-state index contributed by atoms with van der Waals surface area (Å²) in [5.41, 5.74) is 0.594. The molecule has 0 aromatic rings. The minimum absolute atomic E-state index is 0.0581. The summed E-state index contributed by atoms with van der Waals surface area (Å²) in [6, 6.07) is 2.00. The number of nitriles is 1. The zero-order valence-corrected chi connectivity index (χ0v) is 6.94. The Morgan fingerprint density at radius 2 is 2.20 bits per heavy atom. The number of hydrogen-bond donors (Lipinski definition) is 0. The highest BCUT2D eigenvalue weighted by molar-refractivity contribution is 9.12. The van der Waals surface area contributed by atoms with E-state index in [2.05, 4.69) is 15.9 Å². The van der Waals surface area contributed by atoms with Crippen LogP contribution in [0.5, 0.6) is 0 Å². The summed E-state index contributed by atoms with van der Waals surface area (Å²) in [4.78, 5) is 10.9. The molecule has 0 fully saturated rings. The number of carbonyl (C=O) groups excluding carboxylic acids is 1. The maximum absolute atomic E-state index is 10.9. The Labute approximate surface area is 67.7 Å². The van der Waals surface area contributed by atoms with Crippen LogP contribution in [0, 0.1) is 11.3 Å². The second-order valence-corrected chi connectivity index (χ2v) is 2.97. The quantitative estimate of drug-likeness (QED) is 0.599. The van der Waals surface area contributed by atoms with Gasteiger partial charge in [-0.3, -0.25) is 4.79 Å². The van der Waals surface area contributed by atoms with Gasteiger partial charge in [-0.2, -0.15) is 5.26 Å². The van der Waals surface area contributed by atoms with Crippen molar-refractivity contribution in [3.63, 3.8) is 0 Å². The normalized spacial score (nSPS) is 19.0. The van der Waals surface area contributed by atoms with E-state index in [-0.39, 0.29) is 5.78 Å². The fourth-order valence-corrected chi connectivity index (χ4v) is 1.40. The van der Waals surface area contributed by atoms with Crippen molar-refractivity contribution in [3.05, 3.63) is 10.1 Å².